The number of methoxy groups -OCH3 is 1. The molecule has 0 saturated carbocycles. The average Bonchev–Trinajstić information content (AvgIpc) is 2.92. The van der Waals surface area contributed by atoms with Gasteiger partial charge in [0.2, 0.25) is 0 Å². The first-order chi connectivity index (χ1) is 9.11. The highest BCUT2D eigenvalue weighted by atomic mass is 35.5. The molecule has 0 aromatic heterocycles. The second kappa shape index (κ2) is 6.26. The van der Waals surface area contributed by atoms with E-state index in [1.165, 1.54) is 7.11 Å². The van der Waals surface area contributed by atoms with Gasteiger partial charge in [0.1, 0.15) is 5.75 Å². The van der Waals surface area contributed by atoms with Gasteiger partial charge in [0.15, 0.2) is 0 Å². The Bertz CT molecular complexity index is 458. The van der Waals surface area contributed by atoms with Crippen LogP contribution >= 0.6 is 11.6 Å². The van der Waals surface area contributed by atoms with Crippen LogP contribution in [0.3, 0.4) is 0 Å². The summed E-state index contributed by atoms with van der Waals surface area (Å²) in [7, 11) is 1.53. The van der Waals surface area contributed by atoms with Crippen LogP contribution in [0.15, 0.2) is 18.2 Å². The molecule has 1 fully saturated rings. The smallest absolute Gasteiger partial charge is 0.255 e. The van der Waals surface area contributed by atoms with Gasteiger partial charge in [-0.2, -0.15) is 0 Å². The number of nitrogens with one attached hydrogen (secondary N) is 1. The normalized spacial score (nSPS) is 20.1. The first-order valence-electron chi connectivity index (χ1n) is 6.38. The van der Waals surface area contributed by atoms with E-state index in [1.54, 1.807) is 18.2 Å². The van der Waals surface area contributed by atoms with Crippen molar-refractivity contribution >= 4 is 17.5 Å². The predicted octanol–water partition coefficient (Wildman–Crippen LogP) is 2.65. The summed E-state index contributed by atoms with van der Waals surface area (Å²) >= 11 is 5.92. The van der Waals surface area contributed by atoms with Crippen LogP contribution in [0.2, 0.25) is 5.02 Å². The van der Waals surface area contributed by atoms with Crippen molar-refractivity contribution < 1.29 is 14.3 Å². The number of benzene rings is 1. The maximum atomic E-state index is 12.2. The Morgan fingerprint density at radius 3 is 3.00 bits per heavy atom. The highest BCUT2D eigenvalue weighted by molar-refractivity contribution is 6.31. The molecule has 2 atom stereocenters. The van der Waals surface area contributed by atoms with Crippen LogP contribution in [0, 0.1) is 0 Å². The minimum Gasteiger partial charge on any atom is -0.496 e. The van der Waals surface area contributed by atoms with Gasteiger partial charge in [0.05, 0.1) is 24.8 Å². The number of amides is 1. The molecule has 1 aromatic rings. The van der Waals surface area contributed by atoms with Crippen LogP contribution in [-0.2, 0) is 4.74 Å². The third kappa shape index (κ3) is 3.39. The second-order valence-corrected chi connectivity index (χ2v) is 5.09. The summed E-state index contributed by atoms with van der Waals surface area (Å²) in [5, 5.41) is 3.45. The van der Waals surface area contributed by atoms with E-state index in [-0.39, 0.29) is 18.1 Å². The molecule has 0 spiro atoms. The highest BCUT2D eigenvalue weighted by Gasteiger charge is 2.25. The molecule has 0 radical (unpaired) electrons. The quantitative estimate of drug-likeness (QED) is 0.924. The molecule has 104 valence electrons. The third-order valence-electron chi connectivity index (χ3n) is 3.29. The van der Waals surface area contributed by atoms with Crippen molar-refractivity contribution in [3.63, 3.8) is 0 Å². The van der Waals surface area contributed by atoms with E-state index in [4.69, 9.17) is 21.1 Å². The number of carbonyl (C=O) groups excluding carboxylic acids is 1. The molecule has 1 amide bonds. The minimum atomic E-state index is -0.192. The maximum Gasteiger partial charge on any atom is 0.255 e. The van der Waals surface area contributed by atoms with Crippen LogP contribution in [-0.4, -0.2) is 31.8 Å². The van der Waals surface area contributed by atoms with E-state index in [0.29, 0.717) is 16.3 Å². The van der Waals surface area contributed by atoms with Gasteiger partial charge in [0, 0.05) is 11.6 Å². The second-order valence-electron chi connectivity index (χ2n) is 4.66. The van der Waals surface area contributed by atoms with Crippen molar-refractivity contribution in [1.82, 2.24) is 5.32 Å². The Morgan fingerprint density at radius 1 is 1.58 bits per heavy atom. The van der Waals surface area contributed by atoms with E-state index in [1.807, 2.05) is 6.92 Å². The van der Waals surface area contributed by atoms with Gasteiger partial charge < -0.3 is 14.8 Å². The molecule has 5 heteroatoms. The first kappa shape index (κ1) is 14.2. The summed E-state index contributed by atoms with van der Waals surface area (Å²) in [4.78, 5) is 12.2. The summed E-state index contributed by atoms with van der Waals surface area (Å²) in [6.07, 6.45) is 2.12. The van der Waals surface area contributed by atoms with E-state index >= 15 is 0 Å². The molecule has 4 nitrogen and oxygen atoms in total. The summed E-state index contributed by atoms with van der Waals surface area (Å²) < 4.78 is 10.7. The number of carbonyl (C=O) groups is 1. The summed E-state index contributed by atoms with van der Waals surface area (Å²) in [6, 6.07) is 4.96. The molecule has 1 saturated heterocycles. The van der Waals surface area contributed by atoms with Gasteiger partial charge in [-0.05, 0) is 38.0 Å². The maximum absolute atomic E-state index is 12.2. The van der Waals surface area contributed by atoms with Gasteiger partial charge in [-0.25, -0.2) is 0 Å². The van der Waals surface area contributed by atoms with Crippen molar-refractivity contribution in [1.29, 1.82) is 0 Å². The summed E-state index contributed by atoms with van der Waals surface area (Å²) in [5.41, 5.74) is 0.444. The molecular formula is C14H18ClNO3. The van der Waals surface area contributed by atoms with Crippen molar-refractivity contribution in [3.05, 3.63) is 28.8 Å². The van der Waals surface area contributed by atoms with Crippen molar-refractivity contribution in [2.75, 3.05) is 13.7 Å². The molecule has 0 bridgehead atoms. The molecule has 1 aromatic carbocycles. The number of halogens is 1. The van der Waals surface area contributed by atoms with Crippen LogP contribution in [0.4, 0.5) is 0 Å². The Hall–Kier alpha value is -1.26. The fourth-order valence-electron chi connectivity index (χ4n) is 2.23. The summed E-state index contributed by atoms with van der Waals surface area (Å²) in [6.45, 7) is 2.72. The highest BCUT2D eigenvalue weighted by Crippen LogP contribution is 2.23. The monoisotopic (exact) mass is 283 g/mol. The number of rotatable bonds is 4. The molecule has 1 aliphatic heterocycles. The molecule has 0 aliphatic carbocycles. The Labute approximate surface area is 118 Å². The van der Waals surface area contributed by atoms with Crippen molar-refractivity contribution in [3.8, 4) is 5.75 Å². The van der Waals surface area contributed by atoms with Crippen molar-refractivity contribution in [2.45, 2.75) is 31.9 Å². The zero-order valence-corrected chi connectivity index (χ0v) is 11.9. The Morgan fingerprint density at radius 2 is 2.37 bits per heavy atom. The molecule has 1 N–H and O–H groups in total. The minimum absolute atomic E-state index is 0.0290. The van der Waals surface area contributed by atoms with Crippen LogP contribution in [0.1, 0.15) is 30.1 Å². The van der Waals surface area contributed by atoms with E-state index in [0.717, 1.165) is 19.4 Å². The molecule has 1 aliphatic rings. The van der Waals surface area contributed by atoms with E-state index in [2.05, 4.69) is 5.32 Å². The lowest BCUT2D eigenvalue weighted by Crippen LogP contribution is -2.40. The number of ether oxygens (including phenoxy) is 2. The summed E-state index contributed by atoms with van der Waals surface area (Å²) in [5.74, 6) is 0.323. The van der Waals surface area contributed by atoms with Crippen LogP contribution in [0.5, 0.6) is 5.75 Å². The van der Waals surface area contributed by atoms with Gasteiger partial charge in [-0.1, -0.05) is 11.6 Å². The molecule has 2 rings (SSSR count). The number of hydrogen-bond acceptors (Lipinski definition) is 3. The largest absolute Gasteiger partial charge is 0.496 e. The lowest BCUT2D eigenvalue weighted by molar-refractivity contribution is 0.0710. The van der Waals surface area contributed by atoms with Crippen LogP contribution in [0.25, 0.3) is 0 Å². The van der Waals surface area contributed by atoms with E-state index in [9.17, 15) is 4.79 Å². The van der Waals surface area contributed by atoms with E-state index < -0.39 is 0 Å². The van der Waals surface area contributed by atoms with Gasteiger partial charge in [0.25, 0.3) is 5.91 Å². The third-order valence-corrected chi connectivity index (χ3v) is 3.52. The molecule has 19 heavy (non-hydrogen) atoms. The van der Waals surface area contributed by atoms with Gasteiger partial charge >= 0.3 is 0 Å². The fraction of sp³-hybridized carbons (Fsp3) is 0.500. The zero-order valence-electron chi connectivity index (χ0n) is 11.1. The molecule has 0 unspecified atom stereocenters. The standard InChI is InChI=1S/C14H18ClNO3/c1-9(12-4-3-7-19-12)16-14(17)11-8-10(15)5-6-13(11)18-2/h5-6,8-9,12H,3-4,7H2,1-2H3,(H,16,17)/t9-,12+/m0/s1. The predicted molar refractivity (Wildman–Crippen MR) is 73.9 cm³/mol. The average molecular weight is 284 g/mol. The van der Waals surface area contributed by atoms with Crippen molar-refractivity contribution in [2.24, 2.45) is 0 Å². The van der Waals surface area contributed by atoms with Crippen LogP contribution < -0.4 is 10.1 Å². The molecular weight excluding hydrogens is 266 g/mol. The Balaban J connectivity index is 2.08. The number of hydrogen-bond donors (Lipinski definition) is 1. The fourth-order valence-corrected chi connectivity index (χ4v) is 2.40. The molecule has 1 heterocycles. The van der Waals surface area contributed by atoms with Gasteiger partial charge in [-0.15, -0.1) is 0 Å². The lowest BCUT2D eigenvalue weighted by Gasteiger charge is -2.20. The SMILES string of the molecule is COc1ccc(Cl)cc1C(=O)N[C@@H](C)[C@H]1CCCO1. The topological polar surface area (TPSA) is 47.6 Å². The lowest BCUT2D eigenvalue weighted by atomic mass is 10.1. The van der Waals surface area contributed by atoms with Gasteiger partial charge in [-0.3, -0.25) is 4.79 Å². The first-order valence-corrected chi connectivity index (χ1v) is 6.75. The Kier molecular flexibility index (Phi) is 4.66. The zero-order chi connectivity index (χ0) is 13.8.